The van der Waals surface area contributed by atoms with Crippen LogP contribution in [0, 0.1) is 17.6 Å². The van der Waals surface area contributed by atoms with Crippen LogP contribution in [0.5, 0.6) is 0 Å². The molecule has 2 aliphatic heterocycles. The fraction of sp³-hybridized carbons (Fsp3) is 0.500. The highest BCUT2D eigenvalue weighted by Gasteiger charge is 2.43. The van der Waals surface area contributed by atoms with Crippen LogP contribution in [-0.2, 0) is 0 Å². The van der Waals surface area contributed by atoms with E-state index in [1.807, 2.05) is 0 Å². The van der Waals surface area contributed by atoms with E-state index in [1.165, 1.54) is 18.2 Å². The lowest BCUT2D eigenvalue weighted by Crippen LogP contribution is -2.51. The first kappa shape index (κ1) is 17.9. The van der Waals surface area contributed by atoms with Crippen molar-refractivity contribution >= 4 is 5.82 Å². The van der Waals surface area contributed by atoms with E-state index >= 15 is 0 Å². The first-order valence-corrected chi connectivity index (χ1v) is 9.93. The van der Waals surface area contributed by atoms with Crippen LogP contribution in [0.25, 0.3) is 0 Å². The average Bonchev–Trinajstić information content (AvgIpc) is 3.08. The Labute approximate surface area is 162 Å². The molecule has 1 aliphatic carbocycles. The number of nitrogens with zero attached hydrogens (tertiary/aromatic N) is 2. The summed E-state index contributed by atoms with van der Waals surface area (Å²) in [6, 6.07) is 4.75. The molecule has 0 spiro atoms. The molecule has 2 saturated heterocycles. The van der Waals surface area contributed by atoms with Gasteiger partial charge in [0.2, 0.25) is 0 Å². The third-order valence-electron chi connectivity index (χ3n) is 6.27. The standard InChI is InChI=1S/C20H24F2N6/c21-14-2-1-3-15(22)19(14)11-4-5-16-13(6-11)20(28-27-16)17-9-24-10-18(26-17)25-12-7-23-8-12/h1-3,9-13,16,20,23,27-28H,4-8H2,(H,25,26). The van der Waals surface area contributed by atoms with Crippen molar-refractivity contribution in [2.24, 2.45) is 5.92 Å². The summed E-state index contributed by atoms with van der Waals surface area (Å²) in [6.07, 6.45) is 5.85. The molecular formula is C20H24F2N6. The minimum absolute atomic E-state index is 0.0311. The van der Waals surface area contributed by atoms with Crippen molar-refractivity contribution in [2.45, 2.75) is 43.3 Å². The number of rotatable bonds is 4. The summed E-state index contributed by atoms with van der Waals surface area (Å²) in [5.41, 5.74) is 7.78. The summed E-state index contributed by atoms with van der Waals surface area (Å²) in [4.78, 5) is 9.10. The predicted octanol–water partition coefficient (Wildman–Crippen LogP) is 2.24. The molecule has 1 saturated carbocycles. The summed E-state index contributed by atoms with van der Waals surface area (Å²) < 4.78 is 28.6. The minimum Gasteiger partial charge on any atom is -0.363 e. The lowest BCUT2D eigenvalue weighted by atomic mass is 9.73. The van der Waals surface area contributed by atoms with E-state index in [9.17, 15) is 8.78 Å². The minimum atomic E-state index is -0.445. The van der Waals surface area contributed by atoms with E-state index in [1.54, 1.807) is 12.4 Å². The molecule has 4 unspecified atom stereocenters. The lowest BCUT2D eigenvalue weighted by Gasteiger charge is -2.33. The maximum atomic E-state index is 14.3. The second-order valence-electron chi connectivity index (χ2n) is 8.01. The van der Waals surface area contributed by atoms with Crippen molar-refractivity contribution in [3.05, 3.63) is 53.5 Å². The Hall–Kier alpha value is -2.16. The van der Waals surface area contributed by atoms with E-state index in [4.69, 9.17) is 4.98 Å². The largest absolute Gasteiger partial charge is 0.363 e. The highest BCUT2D eigenvalue weighted by molar-refractivity contribution is 5.35. The van der Waals surface area contributed by atoms with Crippen LogP contribution in [-0.4, -0.2) is 35.1 Å². The zero-order valence-electron chi connectivity index (χ0n) is 15.5. The van der Waals surface area contributed by atoms with Gasteiger partial charge in [0.1, 0.15) is 17.5 Å². The van der Waals surface area contributed by atoms with Crippen molar-refractivity contribution in [2.75, 3.05) is 18.4 Å². The SMILES string of the molecule is Fc1cccc(F)c1C1CCC2NNC(c3cncc(NC4CNC4)n3)C2C1. The fourth-order valence-electron chi connectivity index (χ4n) is 4.71. The highest BCUT2D eigenvalue weighted by Crippen LogP contribution is 2.44. The van der Waals surface area contributed by atoms with Crippen molar-refractivity contribution < 1.29 is 8.78 Å². The van der Waals surface area contributed by atoms with E-state index in [0.717, 1.165) is 37.4 Å². The molecule has 0 bridgehead atoms. The summed E-state index contributed by atoms with van der Waals surface area (Å²) >= 11 is 0. The summed E-state index contributed by atoms with van der Waals surface area (Å²) in [7, 11) is 0. The third kappa shape index (κ3) is 3.25. The van der Waals surface area contributed by atoms with Crippen LogP contribution in [0.15, 0.2) is 30.6 Å². The Morgan fingerprint density at radius 3 is 2.61 bits per heavy atom. The van der Waals surface area contributed by atoms with Gasteiger partial charge in [-0.3, -0.25) is 10.4 Å². The molecule has 5 rings (SSSR count). The van der Waals surface area contributed by atoms with Crippen molar-refractivity contribution in [1.29, 1.82) is 0 Å². The smallest absolute Gasteiger partial charge is 0.145 e. The van der Waals surface area contributed by atoms with Gasteiger partial charge in [-0.15, -0.1) is 0 Å². The fourth-order valence-corrected chi connectivity index (χ4v) is 4.71. The van der Waals surface area contributed by atoms with Gasteiger partial charge in [0.15, 0.2) is 0 Å². The molecule has 3 heterocycles. The van der Waals surface area contributed by atoms with Crippen LogP contribution in [0.4, 0.5) is 14.6 Å². The highest BCUT2D eigenvalue weighted by atomic mass is 19.1. The number of fused-ring (bicyclic) bond motifs is 1. The molecule has 28 heavy (non-hydrogen) atoms. The van der Waals surface area contributed by atoms with Gasteiger partial charge < -0.3 is 10.6 Å². The van der Waals surface area contributed by atoms with Gasteiger partial charge in [-0.2, -0.15) is 0 Å². The number of hydrogen-bond donors (Lipinski definition) is 4. The second kappa shape index (κ2) is 7.35. The maximum absolute atomic E-state index is 14.3. The number of hydrazine groups is 1. The van der Waals surface area contributed by atoms with E-state index < -0.39 is 11.6 Å². The molecule has 2 aromatic rings. The number of aromatic nitrogens is 2. The van der Waals surface area contributed by atoms with Crippen molar-refractivity contribution in [1.82, 2.24) is 26.1 Å². The monoisotopic (exact) mass is 386 g/mol. The number of halogens is 2. The molecule has 4 atom stereocenters. The number of nitrogens with one attached hydrogen (secondary N) is 4. The van der Waals surface area contributed by atoms with Gasteiger partial charge in [-0.05, 0) is 43.2 Å². The quantitative estimate of drug-likeness (QED) is 0.646. The molecule has 1 aromatic heterocycles. The topological polar surface area (TPSA) is 73.9 Å². The van der Waals surface area contributed by atoms with E-state index in [0.29, 0.717) is 12.5 Å². The molecular weight excluding hydrogens is 362 g/mol. The Morgan fingerprint density at radius 2 is 1.86 bits per heavy atom. The van der Waals surface area contributed by atoms with Crippen LogP contribution in [0.3, 0.4) is 0 Å². The van der Waals surface area contributed by atoms with Crippen molar-refractivity contribution in [3.8, 4) is 0 Å². The molecule has 8 heteroatoms. The third-order valence-corrected chi connectivity index (χ3v) is 6.27. The van der Waals surface area contributed by atoms with E-state index in [2.05, 4.69) is 26.5 Å². The molecule has 148 valence electrons. The molecule has 3 fully saturated rings. The predicted molar refractivity (Wildman–Crippen MR) is 102 cm³/mol. The first-order valence-electron chi connectivity index (χ1n) is 9.93. The number of benzene rings is 1. The summed E-state index contributed by atoms with van der Waals surface area (Å²) in [5, 5.41) is 6.60. The van der Waals surface area contributed by atoms with Gasteiger partial charge in [0.25, 0.3) is 0 Å². The summed E-state index contributed by atoms with van der Waals surface area (Å²) in [5.74, 6) is -0.0468. The number of hydrogen-bond acceptors (Lipinski definition) is 6. The van der Waals surface area contributed by atoms with Crippen molar-refractivity contribution in [3.63, 3.8) is 0 Å². The molecule has 6 nitrogen and oxygen atoms in total. The van der Waals surface area contributed by atoms with Crippen LogP contribution in [0.1, 0.15) is 42.5 Å². The molecule has 1 aromatic carbocycles. The van der Waals surface area contributed by atoms with Gasteiger partial charge in [-0.25, -0.2) is 19.2 Å². The number of anilines is 1. The normalized spacial score (nSPS) is 29.9. The van der Waals surface area contributed by atoms with Gasteiger partial charge in [0.05, 0.1) is 30.2 Å². The van der Waals surface area contributed by atoms with Crippen LogP contribution >= 0.6 is 0 Å². The zero-order valence-corrected chi connectivity index (χ0v) is 15.5. The molecule has 0 amide bonds. The van der Waals surface area contributed by atoms with Gasteiger partial charge in [0, 0.05) is 24.7 Å². The Morgan fingerprint density at radius 1 is 1.04 bits per heavy atom. The Bertz CT molecular complexity index is 838. The lowest BCUT2D eigenvalue weighted by molar-refractivity contribution is 0.269. The Kier molecular flexibility index (Phi) is 4.70. The van der Waals surface area contributed by atoms with Crippen LogP contribution < -0.4 is 21.5 Å². The molecule has 4 N–H and O–H groups in total. The van der Waals surface area contributed by atoms with E-state index in [-0.39, 0.29) is 29.5 Å². The maximum Gasteiger partial charge on any atom is 0.145 e. The molecule has 3 aliphatic rings. The average molecular weight is 386 g/mol. The molecule has 0 radical (unpaired) electrons. The Balaban J connectivity index is 1.36. The van der Waals surface area contributed by atoms with Gasteiger partial charge >= 0.3 is 0 Å². The zero-order chi connectivity index (χ0) is 19.1. The van der Waals surface area contributed by atoms with Crippen LogP contribution in [0.2, 0.25) is 0 Å². The van der Waals surface area contributed by atoms with Gasteiger partial charge in [-0.1, -0.05) is 6.07 Å². The second-order valence-corrected chi connectivity index (χ2v) is 8.01. The first-order chi connectivity index (χ1) is 13.7. The summed E-state index contributed by atoms with van der Waals surface area (Å²) in [6.45, 7) is 1.85.